The molecule has 0 bridgehead atoms. The topological polar surface area (TPSA) is 101 Å². The Bertz CT molecular complexity index is 1700. The standard InChI is InChI=1S/C27H21N7O/c1-34-12-8-17-4-5-18(13-24(17)34)21-14-20(15-23-27(21)30-11-10-29-23)31-26(19-3-2-9-28-16-19)22-6-7-25(35)33-32-22/h2-16,26,31H,1H3,(H,33,35)/t26-/m0/s1. The SMILES string of the molecule is Cn1ccc2ccc(-c3cc(N[C@@H](c4cccnc4)c4ccc(=O)[nH]n4)cc4nccnc34)cc21. The molecule has 0 aliphatic rings. The highest BCUT2D eigenvalue weighted by Crippen LogP contribution is 2.34. The first-order valence-corrected chi connectivity index (χ1v) is 11.2. The highest BCUT2D eigenvalue weighted by Gasteiger charge is 2.18. The molecule has 8 nitrogen and oxygen atoms in total. The van der Waals surface area contributed by atoms with E-state index < -0.39 is 0 Å². The molecule has 2 N–H and O–H groups in total. The zero-order valence-corrected chi connectivity index (χ0v) is 18.9. The number of H-pyrrole nitrogens is 1. The summed E-state index contributed by atoms with van der Waals surface area (Å²) in [7, 11) is 2.04. The number of fused-ring (bicyclic) bond motifs is 2. The van der Waals surface area contributed by atoms with Crippen LogP contribution in [0.4, 0.5) is 5.69 Å². The number of aryl methyl sites for hydroxylation is 1. The number of rotatable bonds is 5. The Morgan fingerprint density at radius 1 is 0.971 bits per heavy atom. The van der Waals surface area contributed by atoms with Gasteiger partial charge >= 0.3 is 0 Å². The molecule has 0 amide bonds. The third-order valence-corrected chi connectivity index (χ3v) is 6.10. The molecule has 4 aromatic heterocycles. The number of aromatic nitrogens is 6. The fourth-order valence-electron chi connectivity index (χ4n) is 4.37. The van der Waals surface area contributed by atoms with Crippen LogP contribution in [0.2, 0.25) is 0 Å². The molecule has 0 spiro atoms. The van der Waals surface area contributed by atoms with Crippen LogP contribution in [0.25, 0.3) is 33.1 Å². The minimum absolute atomic E-state index is 0.252. The van der Waals surface area contributed by atoms with Gasteiger partial charge in [0.1, 0.15) is 0 Å². The van der Waals surface area contributed by atoms with Crippen LogP contribution >= 0.6 is 0 Å². The quantitative estimate of drug-likeness (QED) is 0.395. The molecule has 0 saturated carbocycles. The summed E-state index contributed by atoms with van der Waals surface area (Å²) >= 11 is 0. The Kier molecular flexibility index (Phi) is 5.03. The second-order valence-corrected chi connectivity index (χ2v) is 8.36. The van der Waals surface area contributed by atoms with Gasteiger partial charge in [0.05, 0.1) is 22.8 Å². The molecule has 0 unspecified atom stereocenters. The molecule has 1 atom stereocenters. The van der Waals surface area contributed by atoms with Gasteiger partial charge in [0.25, 0.3) is 5.56 Å². The Balaban J connectivity index is 1.50. The summed E-state index contributed by atoms with van der Waals surface area (Å²) in [5.74, 6) is 0. The number of nitrogens with one attached hydrogen (secondary N) is 2. The average Bonchev–Trinajstić information content (AvgIpc) is 3.28. The molecule has 4 heterocycles. The summed E-state index contributed by atoms with van der Waals surface area (Å²) in [4.78, 5) is 25.1. The maximum absolute atomic E-state index is 11.6. The second-order valence-electron chi connectivity index (χ2n) is 8.36. The van der Waals surface area contributed by atoms with E-state index in [-0.39, 0.29) is 11.6 Å². The second kappa shape index (κ2) is 8.49. The molecule has 2 aromatic carbocycles. The minimum Gasteiger partial charge on any atom is -0.373 e. The number of pyridine rings is 1. The molecule has 35 heavy (non-hydrogen) atoms. The monoisotopic (exact) mass is 459 g/mol. The zero-order chi connectivity index (χ0) is 23.8. The first kappa shape index (κ1) is 20.7. The maximum atomic E-state index is 11.6. The smallest absolute Gasteiger partial charge is 0.264 e. The summed E-state index contributed by atoms with van der Waals surface area (Å²) in [5, 5.41) is 11.6. The van der Waals surface area contributed by atoms with E-state index in [1.807, 2.05) is 25.2 Å². The van der Waals surface area contributed by atoms with Crippen molar-refractivity contribution in [3.8, 4) is 11.1 Å². The van der Waals surface area contributed by atoms with E-state index in [1.54, 1.807) is 30.9 Å². The van der Waals surface area contributed by atoms with Gasteiger partial charge in [-0.2, -0.15) is 5.10 Å². The van der Waals surface area contributed by atoms with Crippen LogP contribution in [0.15, 0.2) is 96.4 Å². The van der Waals surface area contributed by atoms with E-state index in [0.29, 0.717) is 5.69 Å². The van der Waals surface area contributed by atoms with Gasteiger partial charge in [0, 0.05) is 60.9 Å². The van der Waals surface area contributed by atoms with E-state index in [4.69, 9.17) is 0 Å². The first-order valence-electron chi connectivity index (χ1n) is 11.2. The summed E-state index contributed by atoms with van der Waals surface area (Å²) in [5.41, 5.74) is 6.95. The van der Waals surface area contributed by atoms with Crippen LogP contribution in [0.5, 0.6) is 0 Å². The number of hydrogen-bond acceptors (Lipinski definition) is 6. The third kappa shape index (κ3) is 3.91. The van der Waals surface area contributed by atoms with Gasteiger partial charge in [0.2, 0.25) is 0 Å². The first-order chi connectivity index (χ1) is 17.2. The van der Waals surface area contributed by atoms with Crippen molar-refractivity contribution in [3.05, 3.63) is 113 Å². The van der Waals surface area contributed by atoms with E-state index in [2.05, 4.69) is 71.6 Å². The minimum atomic E-state index is -0.335. The van der Waals surface area contributed by atoms with Crippen molar-refractivity contribution in [3.63, 3.8) is 0 Å². The Morgan fingerprint density at radius 2 is 1.89 bits per heavy atom. The Morgan fingerprint density at radius 3 is 2.71 bits per heavy atom. The normalized spacial score (nSPS) is 12.1. The fraction of sp³-hybridized carbons (Fsp3) is 0.0741. The van der Waals surface area contributed by atoms with Crippen molar-refractivity contribution in [2.45, 2.75) is 6.04 Å². The third-order valence-electron chi connectivity index (χ3n) is 6.10. The molecule has 0 radical (unpaired) electrons. The van der Waals surface area contributed by atoms with Crippen LogP contribution in [0.3, 0.4) is 0 Å². The fourth-order valence-corrected chi connectivity index (χ4v) is 4.37. The lowest BCUT2D eigenvalue weighted by molar-refractivity contribution is 0.819. The highest BCUT2D eigenvalue weighted by molar-refractivity contribution is 5.97. The lowest BCUT2D eigenvalue weighted by atomic mass is 10.00. The van der Waals surface area contributed by atoms with Crippen molar-refractivity contribution in [2.24, 2.45) is 7.05 Å². The van der Waals surface area contributed by atoms with Crippen LogP contribution in [-0.4, -0.2) is 29.7 Å². The molecule has 0 saturated heterocycles. The molecular formula is C27H21N7O. The molecule has 8 heteroatoms. The van der Waals surface area contributed by atoms with Crippen LogP contribution in [0, 0.1) is 0 Å². The summed E-state index contributed by atoms with van der Waals surface area (Å²) in [6, 6.07) is 19.3. The largest absolute Gasteiger partial charge is 0.373 e. The van der Waals surface area contributed by atoms with Gasteiger partial charge in [-0.3, -0.25) is 19.7 Å². The molecule has 0 aliphatic heterocycles. The summed E-state index contributed by atoms with van der Waals surface area (Å²) < 4.78 is 2.11. The summed E-state index contributed by atoms with van der Waals surface area (Å²) in [6.45, 7) is 0. The van der Waals surface area contributed by atoms with Crippen LogP contribution in [0.1, 0.15) is 17.3 Å². The van der Waals surface area contributed by atoms with E-state index in [1.165, 1.54) is 11.5 Å². The van der Waals surface area contributed by atoms with Gasteiger partial charge in [0.15, 0.2) is 0 Å². The van der Waals surface area contributed by atoms with Crippen molar-refractivity contribution in [1.29, 1.82) is 0 Å². The number of nitrogens with zero attached hydrogens (tertiary/aromatic N) is 5. The predicted octanol–water partition coefficient (Wildman–Crippen LogP) is 4.47. The Labute approximate surface area is 200 Å². The van der Waals surface area contributed by atoms with Gasteiger partial charge in [-0.15, -0.1) is 0 Å². The van der Waals surface area contributed by atoms with E-state index >= 15 is 0 Å². The van der Waals surface area contributed by atoms with Crippen molar-refractivity contribution in [1.82, 2.24) is 29.7 Å². The van der Waals surface area contributed by atoms with Crippen molar-refractivity contribution >= 4 is 27.6 Å². The molecule has 6 rings (SSSR count). The van der Waals surface area contributed by atoms with Crippen LogP contribution in [-0.2, 0) is 7.05 Å². The zero-order valence-electron chi connectivity index (χ0n) is 18.9. The van der Waals surface area contributed by atoms with Crippen LogP contribution < -0.4 is 10.9 Å². The lowest BCUT2D eigenvalue weighted by Gasteiger charge is -2.20. The predicted molar refractivity (Wildman–Crippen MR) is 136 cm³/mol. The summed E-state index contributed by atoms with van der Waals surface area (Å²) in [6.07, 6.45) is 8.97. The number of aromatic amines is 1. The molecule has 0 fully saturated rings. The van der Waals surface area contributed by atoms with Crippen molar-refractivity contribution < 1.29 is 0 Å². The van der Waals surface area contributed by atoms with Gasteiger partial charge in [-0.05, 0) is 52.9 Å². The lowest BCUT2D eigenvalue weighted by Crippen LogP contribution is -2.17. The highest BCUT2D eigenvalue weighted by atomic mass is 16.1. The molecule has 6 aromatic rings. The number of anilines is 1. The number of hydrogen-bond donors (Lipinski definition) is 2. The van der Waals surface area contributed by atoms with Gasteiger partial charge in [-0.25, -0.2) is 5.10 Å². The molecule has 170 valence electrons. The average molecular weight is 460 g/mol. The van der Waals surface area contributed by atoms with Crippen molar-refractivity contribution in [2.75, 3.05) is 5.32 Å². The number of benzene rings is 2. The van der Waals surface area contributed by atoms with E-state index in [0.717, 1.165) is 38.9 Å². The van der Waals surface area contributed by atoms with Gasteiger partial charge < -0.3 is 9.88 Å². The molecule has 0 aliphatic carbocycles. The van der Waals surface area contributed by atoms with E-state index in [9.17, 15) is 4.79 Å². The van der Waals surface area contributed by atoms with Gasteiger partial charge in [-0.1, -0.05) is 18.2 Å². The maximum Gasteiger partial charge on any atom is 0.264 e. The Hall–Kier alpha value is -4.85. The molecular weight excluding hydrogens is 438 g/mol.